The van der Waals surface area contributed by atoms with Gasteiger partial charge in [0.2, 0.25) is 3.79 Å². The van der Waals surface area contributed by atoms with E-state index in [1.807, 2.05) is 0 Å². The lowest BCUT2D eigenvalue weighted by Gasteiger charge is -2.16. The van der Waals surface area contributed by atoms with Gasteiger partial charge in [0, 0.05) is 12.1 Å². The monoisotopic (exact) mass is 357 g/mol. The van der Waals surface area contributed by atoms with E-state index in [0.717, 1.165) is 0 Å². The van der Waals surface area contributed by atoms with Crippen LogP contribution in [0, 0.1) is 0 Å². The van der Waals surface area contributed by atoms with Gasteiger partial charge in [0.25, 0.3) is 0 Å². The van der Waals surface area contributed by atoms with Gasteiger partial charge in [-0.25, -0.2) is 4.79 Å². The van der Waals surface area contributed by atoms with E-state index in [2.05, 4.69) is 5.32 Å². The average molecular weight is 359 g/mol. The number of rotatable bonds is 5. The molecule has 0 fully saturated rings. The SMILES string of the molecule is COc1cc(OC)c(OC)cc1NC(=O)OCC(Cl)(Cl)Cl. The molecule has 1 aromatic rings. The van der Waals surface area contributed by atoms with Gasteiger partial charge in [0.05, 0.1) is 27.0 Å². The highest BCUT2D eigenvalue weighted by Gasteiger charge is 2.23. The lowest BCUT2D eigenvalue weighted by molar-refractivity contribution is 0.164. The molecule has 1 aromatic carbocycles. The van der Waals surface area contributed by atoms with Crippen LogP contribution in [0.15, 0.2) is 12.1 Å². The molecule has 0 spiro atoms. The Morgan fingerprint density at radius 1 is 1.05 bits per heavy atom. The first-order valence-electron chi connectivity index (χ1n) is 5.61. The van der Waals surface area contributed by atoms with Crippen LogP contribution in [0.4, 0.5) is 10.5 Å². The number of halogens is 3. The Morgan fingerprint density at radius 2 is 1.57 bits per heavy atom. The maximum absolute atomic E-state index is 11.6. The maximum atomic E-state index is 11.6. The fourth-order valence-corrected chi connectivity index (χ4v) is 1.58. The van der Waals surface area contributed by atoms with Crippen molar-refractivity contribution in [2.75, 3.05) is 33.3 Å². The summed E-state index contributed by atoms with van der Waals surface area (Å²) in [6.07, 6.45) is -0.799. The second-order valence-electron chi connectivity index (χ2n) is 3.72. The summed E-state index contributed by atoms with van der Waals surface area (Å²) in [4.78, 5) is 11.6. The molecule has 0 radical (unpaired) electrons. The quantitative estimate of drug-likeness (QED) is 0.814. The third-order valence-corrected chi connectivity index (χ3v) is 2.64. The van der Waals surface area contributed by atoms with E-state index in [0.29, 0.717) is 22.9 Å². The summed E-state index contributed by atoms with van der Waals surface area (Å²) < 4.78 is 18.5. The molecule has 1 N–H and O–H groups in total. The number of alkyl halides is 3. The largest absolute Gasteiger partial charge is 0.494 e. The van der Waals surface area contributed by atoms with Gasteiger partial charge < -0.3 is 18.9 Å². The summed E-state index contributed by atoms with van der Waals surface area (Å²) >= 11 is 16.5. The van der Waals surface area contributed by atoms with E-state index in [9.17, 15) is 4.79 Å². The van der Waals surface area contributed by atoms with Crippen LogP contribution in [0.2, 0.25) is 0 Å². The van der Waals surface area contributed by atoms with Crippen molar-refractivity contribution in [1.82, 2.24) is 0 Å². The molecule has 0 atom stereocenters. The molecular formula is C12H14Cl3NO5. The zero-order valence-corrected chi connectivity index (χ0v) is 13.8. The normalized spacial score (nSPS) is 10.8. The highest BCUT2D eigenvalue weighted by Crippen LogP contribution is 2.37. The number of methoxy groups -OCH3 is 3. The van der Waals surface area contributed by atoms with Crippen molar-refractivity contribution in [3.8, 4) is 17.2 Å². The minimum atomic E-state index is -1.68. The second kappa shape index (κ2) is 7.68. The van der Waals surface area contributed by atoms with Crippen LogP contribution in [0.25, 0.3) is 0 Å². The first-order chi connectivity index (χ1) is 9.80. The number of benzene rings is 1. The van der Waals surface area contributed by atoms with Crippen LogP contribution in [-0.2, 0) is 4.74 Å². The van der Waals surface area contributed by atoms with E-state index in [-0.39, 0.29) is 6.61 Å². The summed E-state index contributed by atoms with van der Waals surface area (Å²) in [5, 5.41) is 2.46. The van der Waals surface area contributed by atoms with Crippen LogP contribution in [0.3, 0.4) is 0 Å². The van der Waals surface area contributed by atoms with Gasteiger partial charge in [-0.2, -0.15) is 0 Å². The van der Waals surface area contributed by atoms with Gasteiger partial charge in [-0.3, -0.25) is 5.32 Å². The fourth-order valence-electron chi connectivity index (χ4n) is 1.42. The molecule has 1 rings (SSSR count). The van der Waals surface area contributed by atoms with Gasteiger partial charge in [0.15, 0.2) is 11.5 Å². The number of nitrogens with one attached hydrogen (secondary N) is 1. The standard InChI is InChI=1S/C12H14Cl3NO5/c1-18-8-5-10(20-3)9(19-2)4-7(8)16-11(17)21-6-12(13,14)15/h4-5H,6H2,1-3H3,(H,16,17). The molecule has 21 heavy (non-hydrogen) atoms. The number of hydrogen-bond acceptors (Lipinski definition) is 5. The molecule has 0 heterocycles. The minimum absolute atomic E-state index is 0.324. The first-order valence-corrected chi connectivity index (χ1v) is 6.74. The Labute approximate surface area is 137 Å². The molecule has 0 aliphatic carbocycles. The maximum Gasteiger partial charge on any atom is 0.411 e. The van der Waals surface area contributed by atoms with Crippen molar-refractivity contribution < 1.29 is 23.7 Å². The van der Waals surface area contributed by atoms with Crippen molar-refractivity contribution in [3.63, 3.8) is 0 Å². The van der Waals surface area contributed by atoms with Crippen LogP contribution >= 0.6 is 34.8 Å². The smallest absolute Gasteiger partial charge is 0.411 e. The van der Waals surface area contributed by atoms with E-state index < -0.39 is 9.89 Å². The van der Waals surface area contributed by atoms with E-state index in [4.69, 9.17) is 53.8 Å². The summed E-state index contributed by atoms with van der Waals surface area (Å²) in [5.41, 5.74) is 0.324. The predicted molar refractivity (Wildman–Crippen MR) is 81.4 cm³/mol. The molecule has 0 bridgehead atoms. The summed E-state index contributed by atoms with van der Waals surface area (Å²) in [7, 11) is 4.40. The topological polar surface area (TPSA) is 66.0 Å². The Balaban J connectivity index is 2.89. The molecule has 6 nitrogen and oxygen atoms in total. The van der Waals surface area contributed by atoms with Crippen molar-refractivity contribution >= 4 is 46.6 Å². The molecule has 0 aliphatic rings. The third-order valence-electron chi connectivity index (χ3n) is 2.31. The second-order valence-corrected chi connectivity index (χ2v) is 6.24. The Kier molecular flexibility index (Phi) is 6.51. The number of hydrogen-bond donors (Lipinski definition) is 1. The van der Waals surface area contributed by atoms with Gasteiger partial charge in [-0.1, -0.05) is 34.8 Å². The Hall–Kier alpha value is -1.24. The molecule has 0 aromatic heterocycles. The fraction of sp³-hybridized carbons (Fsp3) is 0.417. The Bertz CT molecular complexity index is 504. The molecule has 118 valence electrons. The third kappa shape index (κ3) is 5.57. The number of anilines is 1. The number of amides is 1. The number of ether oxygens (including phenoxy) is 4. The van der Waals surface area contributed by atoms with Gasteiger partial charge >= 0.3 is 6.09 Å². The predicted octanol–water partition coefficient (Wildman–Crippen LogP) is 3.63. The zero-order chi connectivity index (χ0) is 16.0. The average Bonchev–Trinajstić information content (AvgIpc) is 2.43. The van der Waals surface area contributed by atoms with Crippen LogP contribution in [-0.4, -0.2) is 37.8 Å². The van der Waals surface area contributed by atoms with Crippen molar-refractivity contribution in [1.29, 1.82) is 0 Å². The number of carbonyl (C=O) groups is 1. The lowest BCUT2D eigenvalue weighted by atomic mass is 10.2. The van der Waals surface area contributed by atoms with E-state index in [1.165, 1.54) is 27.4 Å². The number of carbonyl (C=O) groups excluding carboxylic acids is 1. The van der Waals surface area contributed by atoms with Crippen LogP contribution in [0.5, 0.6) is 17.2 Å². The minimum Gasteiger partial charge on any atom is -0.494 e. The Morgan fingerprint density at radius 3 is 2.05 bits per heavy atom. The summed E-state index contributed by atoms with van der Waals surface area (Å²) in [6, 6.07) is 3.08. The molecular weight excluding hydrogens is 344 g/mol. The highest BCUT2D eigenvalue weighted by molar-refractivity contribution is 6.67. The molecule has 0 saturated carbocycles. The van der Waals surface area contributed by atoms with Gasteiger partial charge in [0.1, 0.15) is 12.4 Å². The summed E-state index contributed by atoms with van der Waals surface area (Å²) in [6.45, 7) is -0.390. The molecule has 1 amide bonds. The zero-order valence-electron chi connectivity index (χ0n) is 11.5. The van der Waals surface area contributed by atoms with Gasteiger partial charge in [-0.15, -0.1) is 0 Å². The molecule has 9 heteroatoms. The van der Waals surface area contributed by atoms with Crippen LogP contribution in [0.1, 0.15) is 0 Å². The molecule has 0 unspecified atom stereocenters. The van der Waals surface area contributed by atoms with Crippen molar-refractivity contribution in [2.45, 2.75) is 3.79 Å². The van der Waals surface area contributed by atoms with Crippen molar-refractivity contribution in [3.05, 3.63) is 12.1 Å². The van der Waals surface area contributed by atoms with Crippen molar-refractivity contribution in [2.24, 2.45) is 0 Å². The first kappa shape index (κ1) is 17.8. The molecule has 0 aliphatic heterocycles. The van der Waals surface area contributed by atoms with Crippen LogP contribution < -0.4 is 19.5 Å². The highest BCUT2D eigenvalue weighted by atomic mass is 35.6. The lowest BCUT2D eigenvalue weighted by Crippen LogP contribution is -2.21. The van der Waals surface area contributed by atoms with E-state index in [1.54, 1.807) is 6.07 Å². The molecule has 0 saturated heterocycles. The van der Waals surface area contributed by atoms with E-state index >= 15 is 0 Å². The summed E-state index contributed by atoms with van der Waals surface area (Å²) in [5.74, 6) is 1.23. The van der Waals surface area contributed by atoms with Gasteiger partial charge in [-0.05, 0) is 0 Å².